The first kappa shape index (κ1) is 23.7. The Balaban J connectivity index is 1.69. The van der Waals surface area contributed by atoms with Crippen molar-refractivity contribution in [1.82, 2.24) is 15.2 Å². The Kier molecular flexibility index (Phi) is 9.03. The van der Waals surface area contributed by atoms with Gasteiger partial charge >= 0.3 is 0 Å². The van der Waals surface area contributed by atoms with Crippen LogP contribution in [0.3, 0.4) is 0 Å². The topological polar surface area (TPSA) is 83.6 Å². The molecule has 168 valence electrons. The van der Waals surface area contributed by atoms with Gasteiger partial charge in [-0.1, -0.05) is 54.1 Å². The van der Waals surface area contributed by atoms with Gasteiger partial charge in [0.1, 0.15) is 5.69 Å². The highest BCUT2D eigenvalue weighted by Gasteiger charge is 2.20. The van der Waals surface area contributed by atoms with Crippen molar-refractivity contribution in [2.75, 3.05) is 32.1 Å². The number of hydrogen-bond acceptors (Lipinski definition) is 6. The largest absolute Gasteiger partial charge is 0.383 e. The van der Waals surface area contributed by atoms with Gasteiger partial charge in [-0.05, 0) is 17.7 Å². The minimum atomic E-state index is -0.234. The summed E-state index contributed by atoms with van der Waals surface area (Å²) in [7, 11) is 1.58. The molecule has 0 aliphatic heterocycles. The van der Waals surface area contributed by atoms with Crippen LogP contribution in [0.5, 0.6) is 0 Å². The molecule has 1 heterocycles. The van der Waals surface area contributed by atoms with Crippen LogP contribution in [-0.4, -0.2) is 48.5 Å². The van der Waals surface area contributed by atoms with E-state index in [1.807, 2.05) is 48.5 Å². The van der Waals surface area contributed by atoms with Crippen LogP contribution >= 0.6 is 22.9 Å². The number of rotatable bonds is 11. The Labute approximate surface area is 196 Å². The number of amides is 2. The number of nitrogens with zero attached hydrogens (tertiary/aromatic N) is 2. The number of hydrogen-bond donors (Lipinski definition) is 2. The molecule has 0 bridgehead atoms. The van der Waals surface area contributed by atoms with Crippen molar-refractivity contribution in [3.63, 3.8) is 0 Å². The van der Waals surface area contributed by atoms with E-state index in [0.717, 1.165) is 11.3 Å². The normalized spacial score (nSPS) is 10.6. The Morgan fingerprint density at radius 3 is 2.62 bits per heavy atom. The maximum absolute atomic E-state index is 13.2. The van der Waals surface area contributed by atoms with Crippen LogP contribution < -0.4 is 10.6 Å². The van der Waals surface area contributed by atoms with Gasteiger partial charge < -0.3 is 20.3 Å². The molecule has 0 saturated heterocycles. The third kappa shape index (κ3) is 7.05. The molecule has 2 aromatic carbocycles. The number of para-hydroxylation sites is 1. The fourth-order valence-corrected chi connectivity index (χ4v) is 3.82. The van der Waals surface area contributed by atoms with Gasteiger partial charge in [0.05, 0.1) is 17.3 Å². The zero-order chi connectivity index (χ0) is 22.8. The molecule has 0 aliphatic rings. The minimum Gasteiger partial charge on any atom is -0.383 e. The fourth-order valence-electron chi connectivity index (χ4n) is 2.94. The average Bonchev–Trinajstić information content (AvgIpc) is 3.27. The second-order valence-corrected chi connectivity index (χ2v) is 8.21. The van der Waals surface area contributed by atoms with Gasteiger partial charge in [-0.3, -0.25) is 9.59 Å². The van der Waals surface area contributed by atoms with E-state index in [4.69, 9.17) is 16.3 Å². The van der Waals surface area contributed by atoms with Crippen molar-refractivity contribution < 1.29 is 14.3 Å². The van der Waals surface area contributed by atoms with Gasteiger partial charge in [0, 0.05) is 38.5 Å². The molecule has 2 amide bonds. The van der Waals surface area contributed by atoms with Crippen LogP contribution in [0, 0.1) is 0 Å². The summed E-state index contributed by atoms with van der Waals surface area (Å²) in [6.45, 7) is 1.54. The van der Waals surface area contributed by atoms with E-state index < -0.39 is 0 Å². The molecule has 3 aromatic rings. The standard InChI is InChI=1S/C23H25ClN4O3S/c1-31-14-12-25-21(29)11-13-28(15-17-7-3-2-4-8-17)22(30)20-16-32-23(27-20)26-19-10-6-5-9-18(19)24/h2-10,16H,11-15H2,1H3,(H,25,29)(H,26,27). The van der Waals surface area contributed by atoms with Crippen molar-refractivity contribution >= 4 is 45.6 Å². The predicted octanol–water partition coefficient (Wildman–Crippen LogP) is 4.34. The van der Waals surface area contributed by atoms with E-state index in [0.29, 0.717) is 35.5 Å². The molecule has 9 heteroatoms. The van der Waals surface area contributed by atoms with Crippen molar-refractivity contribution in [2.45, 2.75) is 13.0 Å². The predicted molar refractivity (Wildman–Crippen MR) is 128 cm³/mol. The molecule has 32 heavy (non-hydrogen) atoms. The zero-order valence-corrected chi connectivity index (χ0v) is 19.3. The van der Waals surface area contributed by atoms with E-state index >= 15 is 0 Å². The van der Waals surface area contributed by atoms with Crippen LogP contribution in [0.1, 0.15) is 22.5 Å². The lowest BCUT2D eigenvalue weighted by molar-refractivity contribution is -0.121. The van der Waals surface area contributed by atoms with Gasteiger partial charge in [0.15, 0.2) is 5.13 Å². The van der Waals surface area contributed by atoms with Crippen molar-refractivity contribution in [1.29, 1.82) is 0 Å². The number of benzene rings is 2. The van der Waals surface area contributed by atoms with Crippen molar-refractivity contribution in [3.8, 4) is 0 Å². The van der Waals surface area contributed by atoms with Crippen molar-refractivity contribution in [3.05, 3.63) is 76.3 Å². The third-order valence-corrected chi connectivity index (χ3v) is 5.67. The molecule has 0 atom stereocenters. The van der Waals surface area contributed by atoms with Crippen molar-refractivity contribution in [2.24, 2.45) is 0 Å². The van der Waals surface area contributed by atoms with E-state index in [9.17, 15) is 9.59 Å². The molecule has 1 aromatic heterocycles. The number of halogens is 1. The highest BCUT2D eigenvalue weighted by molar-refractivity contribution is 7.14. The summed E-state index contributed by atoms with van der Waals surface area (Å²) in [4.78, 5) is 31.4. The van der Waals surface area contributed by atoms with Crippen LogP contribution in [0.4, 0.5) is 10.8 Å². The van der Waals surface area contributed by atoms with Gasteiger partial charge in [-0.25, -0.2) is 4.98 Å². The Morgan fingerprint density at radius 2 is 1.88 bits per heavy atom. The molecular formula is C23H25ClN4O3S. The molecule has 0 aliphatic carbocycles. The molecule has 0 spiro atoms. The minimum absolute atomic E-state index is 0.132. The fraction of sp³-hybridized carbons (Fsp3) is 0.261. The smallest absolute Gasteiger partial charge is 0.273 e. The van der Waals surface area contributed by atoms with Gasteiger partial charge in [-0.2, -0.15) is 0 Å². The summed E-state index contributed by atoms with van der Waals surface area (Å²) in [5.74, 6) is -0.366. The van der Waals surface area contributed by atoms with Crippen LogP contribution in [0.15, 0.2) is 60.0 Å². The number of ether oxygens (including phenoxy) is 1. The van der Waals surface area contributed by atoms with Gasteiger partial charge in [-0.15, -0.1) is 11.3 Å². The number of thiazole rings is 1. The molecule has 7 nitrogen and oxygen atoms in total. The summed E-state index contributed by atoms with van der Waals surface area (Å²) in [6, 6.07) is 17.0. The SMILES string of the molecule is COCCNC(=O)CCN(Cc1ccccc1)C(=O)c1csc(Nc2ccccc2Cl)n1. The third-order valence-electron chi connectivity index (χ3n) is 4.58. The lowest BCUT2D eigenvalue weighted by Crippen LogP contribution is -2.35. The average molecular weight is 473 g/mol. The molecular weight excluding hydrogens is 448 g/mol. The number of nitrogens with one attached hydrogen (secondary N) is 2. The summed E-state index contributed by atoms with van der Waals surface area (Å²) < 4.78 is 4.94. The van der Waals surface area contributed by atoms with E-state index in [1.165, 1.54) is 11.3 Å². The van der Waals surface area contributed by atoms with Crippen LogP contribution in [0.25, 0.3) is 0 Å². The lowest BCUT2D eigenvalue weighted by atomic mass is 10.2. The summed E-state index contributed by atoms with van der Waals surface area (Å²) in [5, 5.41) is 8.77. The molecule has 0 saturated carbocycles. The quantitative estimate of drug-likeness (QED) is 0.406. The Morgan fingerprint density at radius 1 is 1.12 bits per heavy atom. The number of carbonyl (C=O) groups is 2. The highest BCUT2D eigenvalue weighted by atomic mass is 35.5. The first-order valence-electron chi connectivity index (χ1n) is 10.1. The van der Waals surface area contributed by atoms with E-state index in [1.54, 1.807) is 23.5 Å². The van der Waals surface area contributed by atoms with E-state index in [-0.39, 0.29) is 24.8 Å². The molecule has 0 radical (unpaired) electrons. The Bertz CT molecular complexity index is 1030. The molecule has 0 fully saturated rings. The molecule has 2 N–H and O–H groups in total. The second kappa shape index (κ2) is 12.2. The highest BCUT2D eigenvalue weighted by Crippen LogP contribution is 2.27. The number of anilines is 2. The summed E-state index contributed by atoms with van der Waals surface area (Å²) in [6.07, 6.45) is 0.192. The van der Waals surface area contributed by atoms with Gasteiger partial charge in [0.25, 0.3) is 5.91 Å². The summed E-state index contributed by atoms with van der Waals surface area (Å²) >= 11 is 7.52. The Hall–Kier alpha value is -2.94. The first-order chi connectivity index (χ1) is 15.6. The zero-order valence-electron chi connectivity index (χ0n) is 17.7. The second-order valence-electron chi connectivity index (χ2n) is 6.95. The van der Waals surface area contributed by atoms with Crippen LogP contribution in [0.2, 0.25) is 5.02 Å². The maximum Gasteiger partial charge on any atom is 0.273 e. The number of aromatic nitrogens is 1. The molecule has 0 unspecified atom stereocenters. The molecule has 3 rings (SSSR count). The van der Waals surface area contributed by atoms with Crippen LogP contribution in [-0.2, 0) is 16.1 Å². The number of methoxy groups -OCH3 is 1. The first-order valence-corrected chi connectivity index (χ1v) is 11.4. The van der Waals surface area contributed by atoms with E-state index in [2.05, 4.69) is 15.6 Å². The lowest BCUT2D eigenvalue weighted by Gasteiger charge is -2.22. The van der Waals surface area contributed by atoms with Gasteiger partial charge in [0.2, 0.25) is 5.91 Å². The monoisotopic (exact) mass is 472 g/mol. The number of carbonyl (C=O) groups excluding carboxylic acids is 2. The summed E-state index contributed by atoms with van der Waals surface area (Å²) in [5.41, 5.74) is 2.02. The maximum atomic E-state index is 13.2.